The SMILES string of the molecule is CCN(CCOC(=O)CCC(C)(c1ccc(OC(C)=O)cc1)c1ccc(OC(=O)Oc2ccc(C(C)(C)c3ccc(OC)cc3)cc2)cc1)c1ccc(N=Nc2ccc([N+](=O)[O-])cc2)cc1. The van der Waals surface area contributed by atoms with Crippen molar-refractivity contribution in [3.63, 3.8) is 0 Å². The highest BCUT2D eigenvalue weighted by Crippen LogP contribution is 2.39. The maximum Gasteiger partial charge on any atom is 0.519 e. The lowest BCUT2D eigenvalue weighted by Gasteiger charge is -2.31. The van der Waals surface area contributed by atoms with Crippen molar-refractivity contribution in [2.24, 2.45) is 10.2 Å². The highest BCUT2D eigenvalue weighted by Gasteiger charge is 2.31. The van der Waals surface area contributed by atoms with Crippen LogP contribution < -0.4 is 23.8 Å². The third-order valence-corrected chi connectivity index (χ3v) is 11.4. The first-order chi connectivity index (χ1) is 31.7. The van der Waals surface area contributed by atoms with Crippen molar-refractivity contribution >= 4 is 40.8 Å². The zero-order valence-corrected chi connectivity index (χ0v) is 37.8. The van der Waals surface area contributed by atoms with Gasteiger partial charge in [-0.2, -0.15) is 10.2 Å². The Morgan fingerprint density at radius 3 is 1.50 bits per heavy atom. The molecule has 6 rings (SSSR count). The van der Waals surface area contributed by atoms with Crippen LogP contribution in [0.3, 0.4) is 0 Å². The zero-order chi connectivity index (χ0) is 47.3. The highest BCUT2D eigenvalue weighted by atomic mass is 16.7. The molecule has 0 aliphatic carbocycles. The molecule has 0 aliphatic rings. The molecule has 0 spiro atoms. The molecule has 0 fully saturated rings. The smallest absolute Gasteiger partial charge is 0.497 e. The lowest BCUT2D eigenvalue weighted by molar-refractivity contribution is -0.384. The maximum atomic E-state index is 13.3. The number of rotatable bonds is 19. The van der Waals surface area contributed by atoms with Gasteiger partial charge in [0.05, 0.1) is 30.0 Å². The second-order valence-corrected chi connectivity index (χ2v) is 16.1. The van der Waals surface area contributed by atoms with Crippen LogP contribution in [-0.2, 0) is 25.2 Å². The molecular formula is C52H52N4O10. The molecule has 0 heterocycles. The number of likely N-dealkylation sites (N-methyl/N-ethyl adjacent to an activating group) is 1. The molecule has 0 bridgehead atoms. The highest BCUT2D eigenvalue weighted by molar-refractivity contribution is 5.71. The number of nitro benzene ring substituents is 1. The standard InChI is InChI=1S/C52H52N4O10/c1-7-55(43-20-16-41(17-21-43)53-54-42-18-22-44(23-19-42)56(60)61)34-35-63-49(58)32-33-52(5,39-12-28-46(29-13-39)64-36(2)57)40-14-30-48(31-15-40)66-50(59)65-47-26-10-38(11-27-47)51(3,4)37-8-24-45(62-6)25-9-37/h8-31H,7,32-35H2,1-6H3. The van der Waals surface area contributed by atoms with E-state index < -0.39 is 22.5 Å². The lowest BCUT2D eigenvalue weighted by Crippen LogP contribution is -2.29. The van der Waals surface area contributed by atoms with E-state index in [1.54, 1.807) is 43.5 Å². The number of nitro groups is 1. The Labute approximate surface area is 383 Å². The number of hydrogen-bond acceptors (Lipinski definition) is 13. The number of anilines is 1. The number of ether oxygens (including phenoxy) is 5. The van der Waals surface area contributed by atoms with E-state index in [9.17, 15) is 24.5 Å². The van der Waals surface area contributed by atoms with E-state index in [0.29, 0.717) is 42.4 Å². The molecular weight excluding hydrogens is 841 g/mol. The van der Waals surface area contributed by atoms with Crippen LogP contribution in [-0.4, -0.2) is 49.8 Å². The van der Waals surface area contributed by atoms with E-state index in [4.69, 9.17) is 23.7 Å². The summed E-state index contributed by atoms with van der Waals surface area (Å²) in [6, 6.07) is 42.6. The Kier molecular flexibility index (Phi) is 15.6. The topological polar surface area (TPSA) is 168 Å². The number of esters is 2. The number of hydrogen-bond donors (Lipinski definition) is 0. The summed E-state index contributed by atoms with van der Waals surface area (Å²) < 4.78 is 27.4. The van der Waals surface area contributed by atoms with Gasteiger partial charge >= 0.3 is 18.1 Å². The van der Waals surface area contributed by atoms with Gasteiger partial charge in [-0.05, 0) is 121 Å². The van der Waals surface area contributed by atoms with Gasteiger partial charge in [0.15, 0.2) is 0 Å². The minimum atomic E-state index is -0.890. The molecule has 0 N–H and O–H groups in total. The van der Waals surface area contributed by atoms with Gasteiger partial charge in [0.2, 0.25) is 0 Å². The largest absolute Gasteiger partial charge is 0.519 e. The zero-order valence-electron chi connectivity index (χ0n) is 37.8. The van der Waals surface area contributed by atoms with Crippen LogP contribution in [0.5, 0.6) is 23.0 Å². The summed E-state index contributed by atoms with van der Waals surface area (Å²) >= 11 is 0. The molecule has 0 saturated carbocycles. The number of nitrogens with zero attached hydrogens (tertiary/aromatic N) is 4. The number of azo groups is 1. The molecule has 1 unspecified atom stereocenters. The monoisotopic (exact) mass is 892 g/mol. The number of benzene rings is 6. The van der Waals surface area contributed by atoms with E-state index in [0.717, 1.165) is 33.7 Å². The number of methoxy groups -OCH3 is 1. The summed E-state index contributed by atoms with van der Waals surface area (Å²) in [7, 11) is 1.64. The molecule has 66 heavy (non-hydrogen) atoms. The van der Waals surface area contributed by atoms with Crippen molar-refractivity contribution in [3.8, 4) is 23.0 Å². The van der Waals surface area contributed by atoms with Gasteiger partial charge in [-0.1, -0.05) is 69.3 Å². The Morgan fingerprint density at radius 1 is 0.621 bits per heavy atom. The van der Waals surface area contributed by atoms with Crippen LogP contribution in [0, 0.1) is 10.1 Å². The first-order valence-corrected chi connectivity index (χ1v) is 21.4. The molecule has 14 heteroatoms. The van der Waals surface area contributed by atoms with Gasteiger partial charge in [-0.25, -0.2) is 4.79 Å². The third kappa shape index (κ3) is 12.4. The van der Waals surface area contributed by atoms with E-state index in [1.165, 1.54) is 31.2 Å². The van der Waals surface area contributed by atoms with Crippen molar-refractivity contribution in [2.75, 3.05) is 31.7 Å². The van der Waals surface area contributed by atoms with E-state index >= 15 is 0 Å². The second-order valence-electron chi connectivity index (χ2n) is 16.1. The van der Waals surface area contributed by atoms with Crippen molar-refractivity contribution in [2.45, 2.75) is 58.3 Å². The summed E-state index contributed by atoms with van der Waals surface area (Å²) in [5, 5.41) is 19.3. The summed E-state index contributed by atoms with van der Waals surface area (Å²) in [6.07, 6.45) is -0.415. The van der Waals surface area contributed by atoms with Crippen molar-refractivity contribution in [3.05, 3.63) is 178 Å². The second kappa shape index (κ2) is 21.7. The van der Waals surface area contributed by atoms with Gasteiger partial charge in [0, 0.05) is 48.5 Å². The first-order valence-electron chi connectivity index (χ1n) is 21.4. The van der Waals surface area contributed by atoms with Crippen molar-refractivity contribution in [1.82, 2.24) is 0 Å². The Balaban J connectivity index is 1.05. The Bertz CT molecular complexity index is 2610. The summed E-state index contributed by atoms with van der Waals surface area (Å²) in [6.45, 7) is 10.9. The minimum absolute atomic E-state index is 0.0205. The Morgan fingerprint density at radius 2 is 1.06 bits per heavy atom. The molecule has 0 aliphatic heterocycles. The number of carbonyl (C=O) groups is 3. The van der Waals surface area contributed by atoms with Crippen LogP contribution >= 0.6 is 0 Å². The predicted molar refractivity (Wildman–Crippen MR) is 251 cm³/mol. The number of non-ortho nitro benzene ring substituents is 1. The fourth-order valence-electron chi connectivity index (χ4n) is 7.38. The molecule has 1 atom stereocenters. The maximum absolute atomic E-state index is 13.3. The van der Waals surface area contributed by atoms with Gasteiger partial charge in [-0.15, -0.1) is 0 Å². The van der Waals surface area contributed by atoms with Crippen LogP contribution in [0.25, 0.3) is 0 Å². The molecule has 0 saturated heterocycles. The number of carbonyl (C=O) groups excluding carboxylic acids is 3. The Hall–Kier alpha value is -7.87. The van der Waals surface area contributed by atoms with Crippen LogP contribution in [0.4, 0.5) is 27.5 Å². The summed E-state index contributed by atoms with van der Waals surface area (Å²) in [5.74, 6) is 0.987. The van der Waals surface area contributed by atoms with E-state index in [2.05, 4.69) is 29.0 Å². The average Bonchev–Trinajstić information content (AvgIpc) is 3.32. The molecule has 0 amide bonds. The van der Waals surface area contributed by atoms with E-state index in [1.807, 2.05) is 98.8 Å². The van der Waals surface area contributed by atoms with Gasteiger partial charge in [0.1, 0.15) is 29.6 Å². The van der Waals surface area contributed by atoms with Crippen molar-refractivity contribution < 1.29 is 43.0 Å². The molecule has 6 aromatic carbocycles. The molecule has 340 valence electrons. The first kappa shape index (κ1) is 47.6. The summed E-state index contributed by atoms with van der Waals surface area (Å²) in [5.41, 5.74) is 4.83. The molecule has 0 aromatic heterocycles. The minimum Gasteiger partial charge on any atom is -0.497 e. The molecule has 14 nitrogen and oxygen atoms in total. The van der Waals surface area contributed by atoms with Crippen molar-refractivity contribution in [1.29, 1.82) is 0 Å². The quantitative estimate of drug-likeness (QED) is 0.0189. The fourth-order valence-corrected chi connectivity index (χ4v) is 7.38. The van der Waals surface area contributed by atoms with Crippen LogP contribution in [0.15, 0.2) is 156 Å². The normalized spacial score (nSPS) is 12.2. The van der Waals surface area contributed by atoms with Gasteiger partial charge in [-0.3, -0.25) is 19.7 Å². The fraction of sp³-hybridized carbons (Fsp3) is 0.250. The molecule has 0 radical (unpaired) electrons. The van der Waals surface area contributed by atoms with Crippen LogP contribution in [0.2, 0.25) is 0 Å². The lowest BCUT2D eigenvalue weighted by atomic mass is 9.73. The average molecular weight is 893 g/mol. The summed E-state index contributed by atoms with van der Waals surface area (Å²) in [4.78, 5) is 50.3. The predicted octanol–water partition coefficient (Wildman–Crippen LogP) is 12.0. The van der Waals surface area contributed by atoms with Gasteiger partial charge < -0.3 is 28.6 Å². The van der Waals surface area contributed by atoms with Gasteiger partial charge in [0.25, 0.3) is 5.69 Å². The molecule has 6 aromatic rings. The van der Waals surface area contributed by atoms with Crippen LogP contribution in [0.1, 0.15) is 69.7 Å². The van der Waals surface area contributed by atoms with E-state index in [-0.39, 0.29) is 35.8 Å². The third-order valence-electron chi connectivity index (χ3n) is 11.4.